The summed E-state index contributed by atoms with van der Waals surface area (Å²) in [6, 6.07) is 10.0. The molecule has 0 fully saturated rings. The van der Waals surface area contributed by atoms with Crippen molar-refractivity contribution in [1.29, 1.82) is 0 Å². The maximum atomic E-state index is 7.17. The van der Waals surface area contributed by atoms with Crippen LogP contribution in [-0.2, 0) is 0 Å². The molecule has 0 aliphatic rings. The van der Waals surface area contributed by atoms with Crippen LogP contribution in [0.2, 0.25) is 0 Å². The Kier molecular flexibility index (Phi) is 11.8. The number of benzene rings is 1. The Labute approximate surface area is 102 Å². The van der Waals surface area contributed by atoms with Crippen LogP contribution < -0.4 is 29.6 Å². The summed E-state index contributed by atoms with van der Waals surface area (Å²) < 4.78 is 0. The summed E-state index contributed by atoms with van der Waals surface area (Å²) in [5, 5.41) is 21.5. The van der Waals surface area contributed by atoms with Gasteiger partial charge in [0.1, 0.15) is 0 Å². The van der Waals surface area contributed by atoms with Gasteiger partial charge in [0.2, 0.25) is 0 Å². The van der Waals surface area contributed by atoms with Gasteiger partial charge in [-0.1, -0.05) is 43.0 Å². The van der Waals surface area contributed by atoms with Crippen molar-refractivity contribution in [2.75, 3.05) is 0 Å². The molecule has 0 atom stereocenters. The molecule has 0 aliphatic carbocycles. The standard InChI is InChI=1S/C8H8.BH3O3.Na.H/c1-2-8-6-4-3-5-7-8;2-1(3)4;;/h2-7H,1H2;2-4H;;/q;;+1;-1. The summed E-state index contributed by atoms with van der Waals surface area (Å²) in [4.78, 5) is 0. The van der Waals surface area contributed by atoms with Gasteiger partial charge in [-0.2, -0.15) is 0 Å². The molecule has 0 saturated carbocycles. The Morgan fingerprint density at radius 3 is 1.77 bits per heavy atom. The second-order valence-corrected chi connectivity index (χ2v) is 1.96. The van der Waals surface area contributed by atoms with Gasteiger partial charge in [0.15, 0.2) is 0 Å². The van der Waals surface area contributed by atoms with Gasteiger partial charge in [0.25, 0.3) is 0 Å². The molecule has 0 heterocycles. The Hall–Kier alpha value is -0.0951. The first-order valence-electron chi connectivity index (χ1n) is 3.38. The van der Waals surface area contributed by atoms with Crippen LogP contribution in [0.1, 0.15) is 6.99 Å². The molecule has 1 aromatic rings. The average Bonchev–Trinajstić information content (AvgIpc) is 2.05. The Morgan fingerprint density at radius 1 is 1.15 bits per heavy atom. The molecule has 0 saturated heterocycles. The van der Waals surface area contributed by atoms with E-state index >= 15 is 0 Å². The molecule has 13 heavy (non-hydrogen) atoms. The van der Waals surface area contributed by atoms with Crippen LogP contribution in [0.3, 0.4) is 0 Å². The molecule has 0 spiro atoms. The third kappa shape index (κ3) is 11.9. The molecule has 0 unspecified atom stereocenters. The predicted octanol–water partition coefficient (Wildman–Crippen LogP) is -2.61. The van der Waals surface area contributed by atoms with E-state index in [4.69, 9.17) is 15.1 Å². The van der Waals surface area contributed by atoms with E-state index in [9.17, 15) is 0 Å². The second-order valence-electron chi connectivity index (χ2n) is 1.96. The molecule has 0 radical (unpaired) electrons. The van der Waals surface area contributed by atoms with Crippen LogP contribution in [0, 0.1) is 0 Å². The van der Waals surface area contributed by atoms with Crippen LogP contribution in [0.15, 0.2) is 36.9 Å². The zero-order valence-corrected chi connectivity index (χ0v) is 9.59. The van der Waals surface area contributed by atoms with Crippen LogP contribution in [0.4, 0.5) is 0 Å². The summed E-state index contributed by atoms with van der Waals surface area (Å²) in [6.07, 6.45) is 1.83. The molecule has 1 rings (SSSR count). The molecule has 0 bridgehead atoms. The van der Waals surface area contributed by atoms with Crippen molar-refractivity contribution >= 4 is 13.4 Å². The van der Waals surface area contributed by atoms with Gasteiger partial charge in [-0.05, 0) is 5.56 Å². The third-order valence-electron chi connectivity index (χ3n) is 1.04. The van der Waals surface area contributed by atoms with Crippen LogP contribution >= 0.6 is 0 Å². The minimum atomic E-state index is -2.17. The van der Waals surface area contributed by atoms with Crippen molar-refractivity contribution in [2.24, 2.45) is 0 Å². The van der Waals surface area contributed by atoms with Crippen LogP contribution in [-0.4, -0.2) is 22.4 Å². The molecular weight excluding hydrogens is 178 g/mol. The van der Waals surface area contributed by atoms with Gasteiger partial charge in [-0.3, -0.25) is 0 Å². The van der Waals surface area contributed by atoms with Crippen molar-refractivity contribution in [1.82, 2.24) is 0 Å². The molecule has 3 N–H and O–H groups in total. The molecule has 3 nitrogen and oxygen atoms in total. The van der Waals surface area contributed by atoms with Gasteiger partial charge in [-0.15, -0.1) is 0 Å². The van der Waals surface area contributed by atoms with Gasteiger partial charge in [-0.25, -0.2) is 0 Å². The first kappa shape index (κ1) is 15.4. The minimum absolute atomic E-state index is 0. The second kappa shape index (κ2) is 9.99. The van der Waals surface area contributed by atoms with Crippen molar-refractivity contribution in [3.05, 3.63) is 42.5 Å². The monoisotopic (exact) mass is 190 g/mol. The molecule has 5 heteroatoms. The van der Waals surface area contributed by atoms with Gasteiger partial charge in [0, 0.05) is 0 Å². The molecule has 1 aromatic carbocycles. The SMILES string of the molecule is C=Cc1ccccc1.OB(O)O.[H-].[Na+]. The maximum Gasteiger partial charge on any atom is 1.00 e. The van der Waals surface area contributed by atoms with Crippen molar-refractivity contribution in [3.63, 3.8) is 0 Å². The summed E-state index contributed by atoms with van der Waals surface area (Å²) in [6.45, 7) is 3.63. The number of hydrogen-bond acceptors (Lipinski definition) is 3. The molecule has 0 amide bonds. The smallest absolute Gasteiger partial charge is 1.00 e. The fraction of sp³-hybridized carbons (Fsp3) is 0. The van der Waals surface area contributed by atoms with E-state index in [2.05, 4.69) is 6.58 Å². The van der Waals surface area contributed by atoms with Crippen molar-refractivity contribution < 1.29 is 46.1 Å². The number of hydrogen-bond donors (Lipinski definition) is 3. The van der Waals surface area contributed by atoms with E-state index in [1.165, 1.54) is 5.56 Å². The largest absolute Gasteiger partial charge is 1.00 e. The van der Waals surface area contributed by atoms with E-state index in [-0.39, 0.29) is 31.0 Å². The summed E-state index contributed by atoms with van der Waals surface area (Å²) >= 11 is 0. The maximum absolute atomic E-state index is 7.17. The fourth-order valence-electron chi connectivity index (χ4n) is 0.589. The van der Waals surface area contributed by atoms with E-state index < -0.39 is 7.32 Å². The van der Waals surface area contributed by atoms with Crippen LogP contribution in [0.5, 0.6) is 0 Å². The summed E-state index contributed by atoms with van der Waals surface area (Å²) in [5.41, 5.74) is 1.17. The van der Waals surface area contributed by atoms with E-state index in [0.29, 0.717) is 0 Å². The quantitative estimate of drug-likeness (QED) is 0.425. The minimum Gasteiger partial charge on any atom is -1.00 e. The molecule has 0 aliphatic heterocycles. The van der Waals surface area contributed by atoms with Gasteiger partial charge >= 0.3 is 36.9 Å². The van der Waals surface area contributed by atoms with Crippen LogP contribution in [0.25, 0.3) is 6.08 Å². The Morgan fingerprint density at radius 2 is 1.54 bits per heavy atom. The van der Waals surface area contributed by atoms with E-state index in [0.717, 1.165) is 0 Å². The zero-order chi connectivity index (χ0) is 9.40. The fourth-order valence-corrected chi connectivity index (χ4v) is 0.589. The zero-order valence-electron chi connectivity index (χ0n) is 8.59. The normalized spacial score (nSPS) is 7.31. The van der Waals surface area contributed by atoms with E-state index in [1.54, 1.807) is 0 Å². The first-order chi connectivity index (χ1) is 5.66. The molecule has 0 aromatic heterocycles. The van der Waals surface area contributed by atoms with Crippen molar-refractivity contribution in [2.45, 2.75) is 0 Å². The molecular formula is C8H12BNaO3. The summed E-state index contributed by atoms with van der Waals surface area (Å²) in [5.74, 6) is 0. The van der Waals surface area contributed by atoms with Crippen molar-refractivity contribution in [3.8, 4) is 0 Å². The van der Waals surface area contributed by atoms with Gasteiger partial charge < -0.3 is 16.5 Å². The first-order valence-corrected chi connectivity index (χ1v) is 3.38. The predicted molar refractivity (Wildman–Crippen MR) is 50.1 cm³/mol. The van der Waals surface area contributed by atoms with Gasteiger partial charge in [0.05, 0.1) is 0 Å². The Bertz CT molecular complexity index is 218. The van der Waals surface area contributed by atoms with E-state index in [1.807, 2.05) is 36.4 Å². The summed E-state index contributed by atoms with van der Waals surface area (Å²) in [7, 11) is -2.17. The number of rotatable bonds is 1. The Balaban J connectivity index is -0.000000180. The molecule has 66 valence electrons. The third-order valence-corrected chi connectivity index (χ3v) is 1.04. The topological polar surface area (TPSA) is 60.7 Å². The average molecular weight is 190 g/mol.